The van der Waals surface area contributed by atoms with Crippen LogP contribution >= 0.6 is 11.3 Å². The van der Waals surface area contributed by atoms with E-state index in [0.29, 0.717) is 12.5 Å². The lowest BCUT2D eigenvalue weighted by molar-refractivity contribution is 0.173. The first-order chi connectivity index (χ1) is 11.1. The molecule has 1 unspecified atom stereocenters. The van der Waals surface area contributed by atoms with Crippen LogP contribution in [-0.2, 0) is 6.54 Å². The van der Waals surface area contributed by atoms with Crippen molar-refractivity contribution in [1.82, 2.24) is 10.3 Å². The van der Waals surface area contributed by atoms with Crippen molar-refractivity contribution in [3.05, 3.63) is 45.9 Å². The molecule has 23 heavy (non-hydrogen) atoms. The number of aromatic nitrogens is 1. The van der Waals surface area contributed by atoms with Gasteiger partial charge in [-0.1, -0.05) is 12.1 Å². The summed E-state index contributed by atoms with van der Waals surface area (Å²) < 4.78 is 5.67. The number of hydrogen-bond acceptors (Lipinski definition) is 5. The van der Waals surface area contributed by atoms with Crippen molar-refractivity contribution in [2.75, 3.05) is 6.54 Å². The Morgan fingerprint density at radius 2 is 2.22 bits per heavy atom. The van der Waals surface area contributed by atoms with E-state index < -0.39 is 6.10 Å². The Kier molecular flexibility index (Phi) is 5.30. The molecule has 3 rings (SSSR count). The number of ether oxygens (including phenoxy) is 1. The van der Waals surface area contributed by atoms with Crippen molar-refractivity contribution in [2.24, 2.45) is 0 Å². The molecule has 1 heterocycles. The van der Waals surface area contributed by atoms with Gasteiger partial charge in [-0.2, -0.15) is 0 Å². The molecule has 2 N–H and O–H groups in total. The van der Waals surface area contributed by atoms with Crippen LogP contribution in [0.15, 0.2) is 30.5 Å². The van der Waals surface area contributed by atoms with Crippen LogP contribution in [0.2, 0.25) is 0 Å². The van der Waals surface area contributed by atoms with Gasteiger partial charge in [-0.05, 0) is 44.4 Å². The van der Waals surface area contributed by atoms with Crippen LogP contribution < -0.4 is 10.1 Å². The van der Waals surface area contributed by atoms with Crippen molar-refractivity contribution in [2.45, 2.75) is 51.4 Å². The van der Waals surface area contributed by atoms with Crippen molar-refractivity contribution in [3.63, 3.8) is 0 Å². The summed E-state index contributed by atoms with van der Waals surface area (Å²) in [6.45, 7) is 5.26. The predicted octanol–water partition coefficient (Wildman–Crippen LogP) is 3.63. The molecule has 0 aliphatic heterocycles. The van der Waals surface area contributed by atoms with Crippen LogP contribution in [0.3, 0.4) is 0 Å². The molecule has 2 aromatic rings. The maximum Gasteiger partial charge on any atom is 0.120 e. The minimum Gasteiger partial charge on any atom is -0.491 e. The minimum atomic E-state index is -0.540. The smallest absolute Gasteiger partial charge is 0.120 e. The van der Waals surface area contributed by atoms with Gasteiger partial charge in [-0.3, -0.25) is 0 Å². The maximum atomic E-state index is 10.3. The normalized spacial score (nSPS) is 15.8. The number of hydrogen-bond donors (Lipinski definition) is 2. The lowest BCUT2D eigenvalue weighted by Crippen LogP contribution is -2.20. The van der Waals surface area contributed by atoms with Gasteiger partial charge in [0.2, 0.25) is 0 Å². The Labute approximate surface area is 141 Å². The topological polar surface area (TPSA) is 54.4 Å². The molecular formula is C18H24N2O2S. The van der Waals surface area contributed by atoms with Gasteiger partial charge in [0.1, 0.15) is 5.75 Å². The fourth-order valence-corrected chi connectivity index (χ4v) is 3.50. The summed E-state index contributed by atoms with van der Waals surface area (Å²) in [4.78, 5) is 5.71. The third-order valence-electron chi connectivity index (χ3n) is 3.75. The molecule has 124 valence electrons. The minimum absolute atomic E-state index is 0.132. The summed E-state index contributed by atoms with van der Waals surface area (Å²) in [6.07, 6.45) is 4.12. The molecule has 5 heteroatoms. The zero-order chi connectivity index (χ0) is 16.2. The molecular weight excluding hydrogens is 308 g/mol. The molecule has 0 bridgehead atoms. The quantitative estimate of drug-likeness (QED) is 0.775. The van der Waals surface area contributed by atoms with E-state index in [2.05, 4.69) is 10.3 Å². The Morgan fingerprint density at radius 1 is 1.39 bits per heavy atom. The zero-order valence-corrected chi connectivity index (χ0v) is 14.5. The average Bonchev–Trinajstić information content (AvgIpc) is 3.26. The van der Waals surface area contributed by atoms with Crippen LogP contribution in [-0.4, -0.2) is 22.7 Å². The first-order valence-corrected chi connectivity index (χ1v) is 9.03. The molecule has 1 atom stereocenters. The molecule has 1 fully saturated rings. The highest BCUT2D eigenvalue weighted by Gasteiger charge is 2.26. The highest BCUT2D eigenvalue weighted by atomic mass is 32.1. The molecule has 1 aromatic heterocycles. The number of aliphatic hydroxyl groups is 1. The summed E-state index contributed by atoms with van der Waals surface area (Å²) in [5.41, 5.74) is 0.874. The third-order valence-corrected chi connectivity index (χ3v) is 4.91. The van der Waals surface area contributed by atoms with E-state index in [-0.39, 0.29) is 6.10 Å². The van der Waals surface area contributed by atoms with Gasteiger partial charge in [0.25, 0.3) is 0 Å². The average molecular weight is 332 g/mol. The van der Waals surface area contributed by atoms with Gasteiger partial charge < -0.3 is 15.2 Å². The largest absolute Gasteiger partial charge is 0.491 e. The summed E-state index contributed by atoms with van der Waals surface area (Å²) in [5, 5.41) is 14.9. The molecule has 1 aliphatic rings. The van der Waals surface area contributed by atoms with Crippen molar-refractivity contribution in [1.29, 1.82) is 0 Å². The Hall–Kier alpha value is -1.43. The maximum absolute atomic E-state index is 10.3. The first-order valence-electron chi connectivity index (χ1n) is 8.22. The number of benzene rings is 1. The van der Waals surface area contributed by atoms with Gasteiger partial charge in [-0.15, -0.1) is 11.3 Å². The van der Waals surface area contributed by atoms with Crippen molar-refractivity contribution in [3.8, 4) is 5.75 Å². The van der Waals surface area contributed by atoms with Gasteiger partial charge in [0, 0.05) is 30.1 Å². The molecule has 1 aliphatic carbocycles. The van der Waals surface area contributed by atoms with Crippen LogP contribution in [0.25, 0.3) is 0 Å². The first kappa shape index (κ1) is 16.4. The molecule has 1 aromatic carbocycles. The summed E-state index contributed by atoms with van der Waals surface area (Å²) in [6, 6.07) is 7.67. The second-order valence-electron chi connectivity index (χ2n) is 6.32. The zero-order valence-electron chi connectivity index (χ0n) is 13.7. The molecule has 0 amide bonds. The van der Waals surface area contributed by atoms with E-state index in [1.165, 1.54) is 22.7 Å². The Balaban J connectivity index is 1.49. The van der Waals surface area contributed by atoms with Crippen LogP contribution in [0.5, 0.6) is 5.75 Å². The van der Waals surface area contributed by atoms with E-state index >= 15 is 0 Å². The van der Waals surface area contributed by atoms with Gasteiger partial charge in [-0.25, -0.2) is 4.98 Å². The molecule has 4 nitrogen and oxygen atoms in total. The van der Waals surface area contributed by atoms with Crippen LogP contribution in [0, 0.1) is 0 Å². The van der Waals surface area contributed by atoms with E-state index in [4.69, 9.17) is 4.74 Å². The van der Waals surface area contributed by atoms with E-state index in [1.54, 1.807) is 11.3 Å². The van der Waals surface area contributed by atoms with Gasteiger partial charge in [0.15, 0.2) is 0 Å². The third kappa shape index (κ3) is 4.77. The van der Waals surface area contributed by atoms with Gasteiger partial charge >= 0.3 is 0 Å². The van der Waals surface area contributed by atoms with E-state index in [0.717, 1.165) is 17.9 Å². The molecule has 1 saturated carbocycles. The molecule has 0 radical (unpaired) electrons. The van der Waals surface area contributed by atoms with E-state index in [1.807, 2.05) is 44.3 Å². The number of aliphatic hydroxyl groups excluding tert-OH is 1. The van der Waals surface area contributed by atoms with E-state index in [9.17, 15) is 5.11 Å². The number of rotatable bonds is 8. The molecule has 0 spiro atoms. The summed E-state index contributed by atoms with van der Waals surface area (Å²) in [7, 11) is 0. The van der Waals surface area contributed by atoms with Gasteiger partial charge in [0.05, 0.1) is 17.2 Å². The molecule has 0 saturated heterocycles. The lowest BCUT2D eigenvalue weighted by Gasteiger charge is -2.15. The summed E-state index contributed by atoms with van der Waals surface area (Å²) in [5.74, 6) is 1.51. The Bertz CT molecular complexity index is 637. The monoisotopic (exact) mass is 332 g/mol. The second kappa shape index (κ2) is 7.43. The lowest BCUT2D eigenvalue weighted by atomic mass is 10.1. The van der Waals surface area contributed by atoms with Crippen LogP contribution in [0.4, 0.5) is 0 Å². The predicted molar refractivity (Wildman–Crippen MR) is 93.0 cm³/mol. The van der Waals surface area contributed by atoms with Crippen molar-refractivity contribution >= 4 is 11.3 Å². The SMILES string of the molecule is CC(C)Oc1cccc(C(O)CNCc2cnc(C3CC3)s2)c1. The van der Waals surface area contributed by atoms with Crippen molar-refractivity contribution < 1.29 is 9.84 Å². The highest BCUT2D eigenvalue weighted by Crippen LogP contribution is 2.41. The standard InChI is InChI=1S/C18H24N2O2S/c1-12(2)22-15-5-3-4-14(8-15)17(21)11-19-9-16-10-20-18(23-16)13-6-7-13/h3-5,8,10,12-13,17,19,21H,6-7,9,11H2,1-2H3. The fourth-order valence-electron chi connectivity index (χ4n) is 2.44. The summed E-state index contributed by atoms with van der Waals surface area (Å²) >= 11 is 1.78. The number of nitrogens with one attached hydrogen (secondary N) is 1. The highest BCUT2D eigenvalue weighted by molar-refractivity contribution is 7.11. The Morgan fingerprint density at radius 3 is 2.96 bits per heavy atom. The second-order valence-corrected chi connectivity index (χ2v) is 7.47. The fraction of sp³-hybridized carbons (Fsp3) is 0.500. The van der Waals surface area contributed by atoms with Crippen LogP contribution in [0.1, 0.15) is 54.2 Å². The number of thiazole rings is 1. The number of nitrogens with zero attached hydrogens (tertiary/aromatic N) is 1.